The first-order chi connectivity index (χ1) is 42.7. The van der Waals surface area contributed by atoms with Gasteiger partial charge in [0, 0.05) is 37.3 Å². The van der Waals surface area contributed by atoms with E-state index in [4.69, 9.17) is 6.57 Å². The Hall–Kier alpha value is -13.9. The summed E-state index contributed by atoms with van der Waals surface area (Å²) in [6.07, 6.45) is 0. The summed E-state index contributed by atoms with van der Waals surface area (Å²) in [7, 11) is 0. The maximum Gasteiger partial charge on any atom is 0.338 e. The molecule has 36 nitrogen and oxygen atoms in total. The fourth-order valence-electron chi connectivity index (χ4n) is 8.50. The van der Waals surface area contributed by atoms with Gasteiger partial charge in [0.1, 0.15) is 68.5 Å². The van der Waals surface area contributed by atoms with E-state index in [0.29, 0.717) is 13.7 Å². The van der Waals surface area contributed by atoms with Gasteiger partial charge < -0.3 is 61.9 Å². The summed E-state index contributed by atoms with van der Waals surface area (Å²) in [5.41, 5.74) is -13.4. The first kappa shape index (κ1) is 63.7. The molecule has 0 saturated carbocycles. The molecule has 0 aliphatic rings. The van der Waals surface area contributed by atoms with Crippen molar-refractivity contribution in [2.24, 2.45) is 30.7 Å². The molecule has 3 aromatic carbocycles. The average Bonchev–Trinajstić information content (AvgIpc) is 0.908. The van der Waals surface area contributed by atoms with Crippen molar-refractivity contribution >= 4 is 99.3 Å². The molecule has 0 spiro atoms. The Morgan fingerprint density at radius 2 is 0.878 bits per heavy atom. The molecule has 454 valence electrons. The molecule has 0 bridgehead atoms. The van der Waals surface area contributed by atoms with Gasteiger partial charge in [-0.2, -0.15) is 25.5 Å². The zero-order valence-electron chi connectivity index (χ0n) is 46.1. The van der Waals surface area contributed by atoms with Crippen molar-refractivity contribution < 1.29 is 74.7 Å². The molecular weight excluding hydrogens is 1190 g/mol. The monoisotopic (exact) mass is 1230 g/mol. The Kier molecular flexibility index (Phi) is 18.7. The lowest BCUT2D eigenvalue weighted by Crippen LogP contribution is -2.28. The molecule has 0 atom stereocenters. The van der Waals surface area contributed by atoms with Gasteiger partial charge in [-0.25, -0.2) is 38.2 Å². The molecule has 7 aromatic rings. The van der Waals surface area contributed by atoms with Crippen LogP contribution in [0.2, 0.25) is 0 Å². The predicted molar refractivity (Wildman–Crippen MR) is 306 cm³/mol. The van der Waals surface area contributed by atoms with E-state index in [1.807, 2.05) is 0 Å². The molecule has 0 saturated heterocycles. The first-order valence-corrected chi connectivity index (χ1v) is 25.0. The second kappa shape index (κ2) is 26.4. The zero-order valence-corrected chi connectivity index (χ0v) is 46.1. The maximum atomic E-state index is 13.9. The van der Waals surface area contributed by atoms with Crippen molar-refractivity contribution in [2.75, 3.05) is 29.0 Å². The van der Waals surface area contributed by atoms with Crippen LogP contribution in [0.1, 0.15) is 90.0 Å². The van der Waals surface area contributed by atoms with E-state index in [0.717, 1.165) is 42.5 Å². The van der Waals surface area contributed by atoms with Gasteiger partial charge in [-0.3, -0.25) is 23.5 Å². The third-order valence-corrected chi connectivity index (χ3v) is 12.8. The summed E-state index contributed by atoms with van der Waals surface area (Å²) >= 11 is 0. The van der Waals surface area contributed by atoms with E-state index in [9.17, 15) is 99.6 Å². The van der Waals surface area contributed by atoms with Gasteiger partial charge in [0.05, 0.1) is 23.3 Å². The van der Waals surface area contributed by atoms with Crippen LogP contribution in [0.15, 0.2) is 106 Å². The molecule has 0 radical (unpaired) electrons. The average molecular weight is 1230 g/mol. The Morgan fingerprint density at radius 3 is 1.20 bits per heavy atom. The van der Waals surface area contributed by atoms with Gasteiger partial charge in [-0.15, -0.1) is 30.7 Å². The third-order valence-electron chi connectivity index (χ3n) is 12.8. The van der Waals surface area contributed by atoms with E-state index in [1.54, 1.807) is 12.1 Å². The lowest BCUT2D eigenvalue weighted by atomic mass is 10.1. The minimum Gasteiger partial charge on any atom is -0.493 e. The number of rotatable bonds is 23. The van der Waals surface area contributed by atoms with Crippen molar-refractivity contribution in [3.8, 4) is 29.8 Å². The fourth-order valence-corrected chi connectivity index (χ4v) is 8.50. The molecule has 36 heteroatoms. The molecule has 4 aromatic heterocycles. The number of nitrogens with one attached hydrogen (secondary N) is 3. The number of aromatic nitrogens is 6. The van der Waals surface area contributed by atoms with E-state index in [2.05, 4.69) is 73.0 Å². The number of carboxylic acid groups (broad SMARTS) is 6. The molecule has 90 heavy (non-hydrogen) atoms. The summed E-state index contributed by atoms with van der Waals surface area (Å²) < 4.78 is 1.70. The highest BCUT2D eigenvalue weighted by molar-refractivity contribution is 6.07. The van der Waals surface area contributed by atoms with Crippen LogP contribution in [0.5, 0.6) is 17.6 Å². The van der Waals surface area contributed by atoms with Crippen LogP contribution in [0.25, 0.3) is 10.7 Å². The number of nitriles is 2. The number of nitrogens with zero attached hydrogens (tertiary/aromatic N) is 15. The topological polar surface area (TPSA) is 551 Å². The van der Waals surface area contributed by atoms with Crippen LogP contribution in [0.4, 0.5) is 57.7 Å². The normalized spacial score (nSPS) is 11.0. The molecule has 0 unspecified atom stereocenters. The molecule has 0 aliphatic carbocycles. The zero-order chi connectivity index (χ0) is 66.2. The van der Waals surface area contributed by atoms with Crippen LogP contribution >= 0.6 is 0 Å². The van der Waals surface area contributed by atoms with Crippen LogP contribution in [0.3, 0.4) is 0 Å². The second-order valence-corrected chi connectivity index (χ2v) is 18.1. The number of benzene rings is 3. The Labute approximate surface area is 500 Å². The van der Waals surface area contributed by atoms with E-state index < -0.39 is 204 Å². The lowest BCUT2D eigenvalue weighted by molar-refractivity contribution is 0.0652. The predicted octanol–water partition coefficient (Wildman–Crippen LogP) is 6.89. The Balaban J connectivity index is 1.28. The van der Waals surface area contributed by atoms with Gasteiger partial charge in [0.15, 0.2) is 11.4 Å². The van der Waals surface area contributed by atoms with Gasteiger partial charge in [0.25, 0.3) is 22.4 Å². The number of carbonyl (C=O) groups is 6. The quantitative estimate of drug-likeness (QED) is 0.0229. The molecule has 0 amide bonds. The summed E-state index contributed by atoms with van der Waals surface area (Å²) in [5.74, 6) is -15.0. The highest BCUT2D eigenvalue weighted by Crippen LogP contribution is 2.39. The molecule has 12 N–H and O–H groups in total. The SMILES string of the molecule is [C-]#[N+]c1c(C)c(N=Nc2cccc(C(=O)O)c2C(=O)O)c(O)n(C(=C)Nc2nc(NCCn3c(O)c(N=Nc4cccc(C(=O)O)c4C(=O)O)c(C)c(C#N)c3=O)nc(NCCn3c(O)c(N=Nc4cccc(C(=O)O)c4C(=O)O)c(C)c(C#N)c3=O)n2)c1=O. The van der Waals surface area contributed by atoms with Crippen molar-refractivity contribution in [3.63, 3.8) is 0 Å². The van der Waals surface area contributed by atoms with E-state index in [1.165, 1.54) is 32.9 Å². The minimum atomic E-state index is -1.72. The number of carboxylic acids is 6. The number of aromatic hydroxyl groups is 3. The summed E-state index contributed by atoms with van der Waals surface area (Å²) in [4.78, 5) is 129. The Bertz CT molecular complexity index is 4520. The molecule has 4 heterocycles. The van der Waals surface area contributed by atoms with Crippen LogP contribution < -0.4 is 32.6 Å². The first-order valence-electron chi connectivity index (χ1n) is 25.0. The second-order valence-electron chi connectivity index (χ2n) is 18.1. The summed E-state index contributed by atoms with van der Waals surface area (Å²) in [6, 6.07) is 13.1. The number of aromatic carboxylic acids is 6. The standard InChI is InChI=1S/C54H40N18O18/c1-21-28(19-55)40(73)70(42(75)37(21)67-64-30-12-6-9-25(46(79)80)33(30)49(85)86)17-15-58-52-61-53(59-16-18-71-41(74)29(20-56)22(2)38(43(71)76)68-65-31-13-7-10-26(47(81)82)34(31)50(87)88)63-54(62-52)60-24(4)72-44(77)36(57-5)23(3)39(45(72)78)69-66-32-14-8-11-27(48(83)84)35(32)51(89)90/h6-14,75-76,78H,4,15-18H2,1-3H3,(H,79,80)(H,81,82)(H,83,84)(H,85,86)(H,87,88)(H,89,90)(H3,58,59,60,61,62,63). The number of hydrogen-bond donors (Lipinski definition) is 12. The molecule has 7 rings (SSSR count). The smallest absolute Gasteiger partial charge is 0.338 e. The van der Waals surface area contributed by atoms with Crippen LogP contribution in [0, 0.1) is 50.0 Å². The maximum absolute atomic E-state index is 13.9. The minimum absolute atomic E-state index is 0.220. The number of pyridine rings is 3. The third kappa shape index (κ3) is 12.6. The number of anilines is 3. The largest absolute Gasteiger partial charge is 0.493 e. The molecule has 0 fully saturated rings. The van der Waals surface area contributed by atoms with Gasteiger partial charge in [0.2, 0.25) is 35.5 Å². The fraction of sp³-hybridized carbons (Fsp3) is 0.130. The van der Waals surface area contributed by atoms with Gasteiger partial charge >= 0.3 is 35.8 Å². The molecule has 0 aliphatic heterocycles. The Morgan fingerprint density at radius 1 is 0.533 bits per heavy atom. The molecular formula is C54H40N18O18. The van der Waals surface area contributed by atoms with E-state index in [-0.39, 0.29) is 16.7 Å². The van der Waals surface area contributed by atoms with E-state index >= 15 is 0 Å². The number of azo groups is 3. The van der Waals surface area contributed by atoms with Crippen LogP contribution in [-0.2, 0) is 13.1 Å². The van der Waals surface area contributed by atoms with Crippen molar-refractivity contribution in [2.45, 2.75) is 33.9 Å². The van der Waals surface area contributed by atoms with Gasteiger partial charge in [-0.05, 0) is 62.7 Å². The summed E-state index contributed by atoms with van der Waals surface area (Å²) in [5, 5.41) is 144. The van der Waals surface area contributed by atoms with Crippen LogP contribution in [-0.4, -0.2) is 124 Å². The summed E-state index contributed by atoms with van der Waals surface area (Å²) in [6.45, 7) is 13.1. The highest BCUT2D eigenvalue weighted by atomic mass is 16.4. The lowest BCUT2D eigenvalue weighted by Gasteiger charge is -2.17. The van der Waals surface area contributed by atoms with Crippen molar-refractivity contribution in [3.05, 3.63) is 165 Å². The number of hydrogen-bond acceptors (Lipinski definition) is 26. The highest BCUT2D eigenvalue weighted by Gasteiger charge is 2.27. The van der Waals surface area contributed by atoms with Crippen molar-refractivity contribution in [1.82, 2.24) is 28.7 Å². The van der Waals surface area contributed by atoms with Gasteiger partial charge in [-0.1, -0.05) is 24.8 Å². The van der Waals surface area contributed by atoms with Crippen molar-refractivity contribution in [1.29, 1.82) is 10.5 Å².